The largest absolute Gasteiger partial charge is 0.399 e. The predicted molar refractivity (Wildman–Crippen MR) is 75.3 cm³/mol. The van der Waals surface area contributed by atoms with Gasteiger partial charge in [-0.3, -0.25) is 4.40 Å². The molecule has 2 N–H and O–H groups in total. The molecule has 0 aliphatic rings. The molecule has 0 spiro atoms. The lowest BCUT2D eigenvalue weighted by molar-refractivity contribution is 1.11. The van der Waals surface area contributed by atoms with Gasteiger partial charge in [-0.05, 0) is 42.8 Å². The van der Waals surface area contributed by atoms with Crippen molar-refractivity contribution in [2.75, 3.05) is 5.73 Å². The van der Waals surface area contributed by atoms with Crippen LogP contribution >= 0.6 is 15.9 Å². The van der Waals surface area contributed by atoms with Crippen LogP contribution in [0.15, 0.2) is 41.0 Å². The fraction of sp³-hybridized carbons (Fsp3) is 0.0769. The molecule has 4 nitrogen and oxygen atoms in total. The summed E-state index contributed by atoms with van der Waals surface area (Å²) in [5, 5.41) is 8.40. The summed E-state index contributed by atoms with van der Waals surface area (Å²) < 4.78 is 2.88. The van der Waals surface area contributed by atoms with Crippen molar-refractivity contribution in [3.05, 3.63) is 46.6 Å². The summed E-state index contributed by atoms with van der Waals surface area (Å²) in [6.07, 6.45) is 1.97. The first-order chi connectivity index (χ1) is 8.63. The first kappa shape index (κ1) is 11.2. The maximum Gasteiger partial charge on any atom is 0.168 e. The van der Waals surface area contributed by atoms with Crippen molar-refractivity contribution in [1.29, 1.82) is 0 Å². The molecular weight excluding hydrogens is 292 g/mol. The van der Waals surface area contributed by atoms with E-state index in [0.29, 0.717) is 5.69 Å². The lowest BCUT2D eigenvalue weighted by Crippen LogP contribution is -1.92. The number of aryl methyl sites for hydroxylation is 1. The van der Waals surface area contributed by atoms with Crippen LogP contribution in [0.5, 0.6) is 0 Å². The van der Waals surface area contributed by atoms with Gasteiger partial charge in [0, 0.05) is 21.9 Å². The highest BCUT2D eigenvalue weighted by molar-refractivity contribution is 9.10. The summed E-state index contributed by atoms with van der Waals surface area (Å²) in [6.45, 7) is 2.03. The molecular formula is C13H11BrN4. The van der Waals surface area contributed by atoms with Crippen LogP contribution in [-0.4, -0.2) is 14.6 Å². The molecule has 0 bridgehead atoms. The second-order valence-electron chi connectivity index (χ2n) is 4.23. The third-order valence-electron chi connectivity index (χ3n) is 2.74. The van der Waals surface area contributed by atoms with E-state index in [0.717, 1.165) is 27.1 Å². The molecule has 0 saturated heterocycles. The number of fused-ring (bicyclic) bond motifs is 1. The van der Waals surface area contributed by atoms with Crippen LogP contribution in [0.3, 0.4) is 0 Å². The van der Waals surface area contributed by atoms with E-state index in [4.69, 9.17) is 5.73 Å². The summed E-state index contributed by atoms with van der Waals surface area (Å²) in [5.41, 5.74) is 9.49. The summed E-state index contributed by atoms with van der Waals surface area (Å²) in [6, 6.07) is 9.75. The Kier molecular flexibility index (Phi) is 2.56. The third-order valence-corrected chi connectivity index (χ3v) is 3.20. The number of nitrogens with zero attached hydrogens (tertiary/aromatic N) is 3. The summed E-state index contributed by atoms with van der Waals surface area (Å²) in [4.78, 5) is 0. The average Bonchev–Trinajstić information content (AvgIpc) is 2.70. The Morgan fingerprint density at radius 1 is 1.17 bits per heavy atom. The van der Waals surface area contributed by atoms with E-state index in [1.165, 1.54) is 0 Å². The second kappa shape index (κ2) is 4.10. The van der Waals surface area contributed by atoms with Crippen molar-refractivity contribution >= 4 is 27.3 Å². The van der Waals surface area contributed by atoms with Crippen molar-refractivity contribution in [2.24, 2.45) is 0 Å². The molecule has 2 aromatic heterocycles. The molecule has 18 heavy (non-hydrogen) atoms. The molecule has 5 heteroatoms. The van der Waals surface area contributed by atoms with Crippen molar-refractivity contribution in [3.63, 3.8) is 0 Å². The Morgan fingerprint density at radius 2 is 2.00 bits per heavy atom. The normalized spacial score (nSPS) is 11.0. The van der Waals surface area contributed by atoms with Crippen LogP contribution < -0.4 is 5.73 Å². The Balaban J connectivity index is 2.25. The number of hydrogen-bond acceptors (Lipinski definition) is 3. The first-order valence-electron chi connectivity index (χ1n) is 5.51. The Bertz CT molecular complexity index is 713. The molecule has 1 aromatic carbocycles. The highest BCUT2D eigenvalue weighted by Crippen LogP contribution is 2.25. The minimum absolute atomic E-state index is 0.697. The molecule has 0 aliphatic carbocycles. The van der Waals surface area contributed by atoms with Crippen LogP contribution in [0.1, 0.15) is 5.56 Å². The van der Waals surface area contributed by atoms with E-state index in [2.05, 4.69) is 26.1 Å². The molecule has 3 aromatic rings. The Morgan fingerprint density at radius 3 is 2.78 bits per heavy atom. The lowest BCUT2D eigenvalue weighted by atomic mass is 10.2. The molecule has 90 valence electrons. The zero-order chi connectivity index (χ0) is 12.7. The van der Waals surface area contributed by atoms with Gasteiger partial charge >= 0.3 is 0 Å². The second-order valence-corrected chi connectivity index (χ2v) is 5.14. The summed E-state index contributed by atoms with van der Waals surface area (Å²) in [7, 11) is 0. The molecule has 0 unspecified atom stereocenters. The van der Waals surface area contributed by atoms with Crippen molar-refractivity contribution in [1.82, 2.24) is 14.6 Å². The molecule has 3 rings (SSSR count). The Labute approximate surface area is 113 Å². The van der Waals surface area contributed by atoms with Crippen molar-refractivity contribution < 1.29 is 0 Å². The van der Waals surface area contributed by atoms with Crippen LogP contribution in [0.25, 0.3) is 17.0 Å². The number of rotatable bonds is 1. The quantitative estimate of drug-likeness (QED) is 0.703. The van der Waals surface area contributed by atoms with E-state index in [-0.39, 0.29) is 0 Å². The SMILES string of the molecule is Cc1ccn2c(-c3cc(N)cc(Br)c3)nnc2c1. The summed E-state index contributed by atoms with van der Waals surface area (Å²) >= 11 is 3.44. The van der Waals surface area contributed by atoms with Crippen molar-refractivity contribution in [3.8, 4) is 11.4 Å². The fourth-order valence-electron chi connectivity index (χ4n) is 1.93. The zero-order valence-electron chi connectivity index (χ0n) is 9.76. The van der Waals surface area contributed by atoms with E-state index in [1.54, 1.807) is 0 Å². The highest BCUT2D eigenvalue weighted by Gasteiger charge is 2.09. The monoisotopic (exact) mass is 302 g/mol. The molecule has 0 fully saturated rings. The number of benzene rings is 1. The molecule has 0 atom stereocenters. The third kappa shape index (κ3) is 1.86. The average molecular weight is 303 g/mol. The number of pyridine rings is 1. The standard InChI is InChI=1S/C13H11BrN4/c1-8-2-3-18-12(4-8)16-17-13(18)9-5-10(14)7-11(15)6-9/h2-7H,15H2,1H3. The molecule has 0 radical (unpaired) electrons. The smallest absolute Gasteiger partial charge is 0.168 e. The van der Waals surface area contributed by atoms with Crippen molar-refractivity contribution in [2.45, 2.75) is 6.92 Å². The number of anilines is 1. The number of halogens is 1. The van der Waals surface area contributed by atoms with Gasteiger partial charge in [-0.1, -0.05) is 15.9 Å². The van der Waals surface area contributed by atoms with Crippen LogP contribution in [-0.2, 0) is 0 Å². The maximum atomic E-state index is 5.85. The van der Waals surface area contributed by atoms with E-state index in [1.807, 2.05) is 47.9 Å². The minimum Gasteiger partial charge on any atom is -0.399 e. The van der Waals surface area contributed by atoms with Gasteiger partial charge in [0.1, 0.15) is 0 Å². The molecule has 0 aliphatic heterocycles. The van der Waals surface area contributed by atoms with Gasteiger partial charge in [-0.2, -0.15) is 0 Å². The van der Waals surface area contributed by atoms with Gasteiger partial charge in [0.05, 0.1) is 0 Å². The molecule has 0 saturated carbocycles. The fourth-order valence-corrected chi connectivity index (χ4v) is 2.44. The van der Waals surface area contributed by atoms with E-state index < -0.39 is 0 Å². The minimum atomic E-state index is 0.697. The maximum absolute atomic E-state index is 5.85. The van der Waals surface area contributed by atoms with Gasteiger partial charge in [0.2, 0.25) is 0 Å². The van der Waals surface area contributed by atoms with E-state index in [9.17, 15) is 0 Å². The van der Waals surface area contributed by atoms with Crippen LogP contribution in [0.2, 0.25) is 0 Å². The van der Waals surface area contributed by atoms with Crippen LogP contribution in [0, 0.1) is 6.92 Å². The number of nitrogen functional groups attached to an aromatic ring is 1. The van der Waals surface area contributed by atoms with Gasteiger partial charge in [0.15, 0.2) is 11.5 Å². The number of aromatic nitrogens is 3. The number of nitrogens with two attached hydrogens (primary N) is 1. The van der Waals surface area contributed by atoms with Gasteiger partial charge in [-0.25, -0.2) is 0 Å². The molecule has 0 amide bonds. The number of hydrogen-bond donors (Lipinski definition) is 1. The first-order valence-corrected chi connectivity index (χ1v) is 6.30. The Hall–Kier alpha value is -1.88. The summed E-state index contributed by atoms with van der Waals surface area (Å²) in [5.74, 6) is 0.790. The topological polar surface area (TPSA) is 56.2 Å². The lowest BCUT2D eigenvalue weighted by Gasteiger charge is -2.03. The predicted octanol–water partition coefficient (Wildman–Crippen LogP) is 3.05. The zero-order valence-corrected chi connectivity index (χ0v) is 11.3. The van der Waals surface area contributed by atoms with E-state index >= 15 is 0 Å². The molecule has 2 heterocycles. The highest BCUT2D eigenvalue weighted by atomic mass is 79.9. The van der Waals surface area contributed by atoms with Crippen LogP contribution in [0.4, 0.5) is 5.69 Å². The van der Waals surface area contributed by atoms with Gasteiger partial charge in [-0.15, -0.1) is 10.2 Å². The van der Waals surface area contributed by atoms with Gasteiger partial charge < -0.3 is 5.73 Å². The van der Waals surface area contributed by atoms with Gasteiger partial charge in [0.25, 0.3) is 0 Å².